The predicted molar refractivity (Wildman–Crippen MR) is 61.6 cm³/mol. The van der Waals surface area contributed by atoms with Crippen molar-refractivity contribution in [2.45, 2.75) is 38.3 Å². The van der Waals surface area contributed by atoms with E-state index < -0.39 is 30.0 Å². The summed E-state index contributed by atoms with van der Waals surface area (Å²) >= 11 is 0. The Bertz CT molecular complexity index is 454. The number of ether oxygens (including phenoxy) is 1. The molecule has 0 aliphatic rings. The highest BCUT2D eigenvalue weighted by Gasteiger charge is 2.60. The molecule has 0 spiro atoms. The highest BCUT2D eigenvalue weighted by molar-refractivity contribution is 5.29. The van der Waals surface area contributed by atoms with E-state index in [4.69, 9.17) is 10.5 Å². The molecule has 1 aromatic heterocycles. The maximum atomic E-state index is 12.7. The molecule has 0 saturated carbocycles. The number of nitrogens with zero attached hydrogens (tertiary/aromatic N) is 2. The van der Waals surface area contributed by atoms with E-state index in [0.29, 0.717) is 6.42 Å². The minimum Gasteiger partial charge on any atom is -0.493 e. The van der Waals surface area contributed by atoms with E-state index in [1.807, 2.05) is 0 Å². The molecule has 1 heterocycles. The second kappa shape index (κ2) is 6.12. The Hall–Kier alpha value is -1.45. The van der Waals surface area contributed by atoms with Crippen LogP contribution in [-0.2, 0) is 6.54 Å². The summed E-state index contributed by atoms with van der Waals surface area (Å²) in [7, 11) is 1.12. The lowest BCUT2D eigenvalue weighted by molar-refractivity contribution is -0.290. The minimum atomic E-state index is -5.52. The van der Waals surface area contributed by atoms with Crippen molar-refractivity contribution in [1.82, 2.24) is 9.78 Å². The smallest absolute Gasteiger partial charge is 0.402 e. The monoisotopic (exact) mass is 319 g/mol. The zero-order chi connectivity index (χ0) is 16.4. The van der Waals surface area contributed by atoms with Crippen molar-refractivity contribution in [1.29, 1.82) is 0 Å². The van der Waals surface area contributed by atoms with Crippen LogP contribution in [0.4, 0.5) is 26.3 Å². The van der Waals surface area contributed by atoms with Gasteiger partial charge in [-0.2, -0.15) is 31.4 Å². The lowest BCUT2D eigenvalue weighted by atomic mass is 9.95. The number of halogens is 6. The topological polar surface area (TPSA) is 53.1 Å². The number of hydrogen-bond acceptors (Lipinski definition) is 3. The third kappa shape index (κ3) is 3.80. The van der Waals surface area contributed by atoms with Crippen LogP contribution in [0.25, 0.3) is 0 Å². The summed E-state index contributed by atoms with van der Waals surface area (Å²) in [6.07, 6.45) is -9.53. The van der Waals surface area contributed by atoms with E-state index in [1.165, 1.54) is 0 Å². The lowest BCUT2D eigenvalue weighted by Gasteiger charge is -2.28. The molecule has 0 aliphatic heterocycles. The molecule has 1 aromatic rings. The third-order valence-corrected chi connectivity index (χ3v) is 2.88. The highest BCUT2D eigenvalue weighted by Crippen LogP contribution is 2.46. The SMILES string of the molecule is CCCn1ncc(OC)c1C(N)C(C(F)(F)F)C(F)(F)F. The molecule has 2 N–H and O–H groups in total. The number of methoxy groups -OCH3 is 1. The Balaban J connectivity index is 3.32. The van der Waals surface area contributed by atoms with Crippen LogP contribution < -0.4 is 10.5 Å². The average Bonchev–Trinajstić information content (AvgIpc) is 2.68. The standard InChI is InChI=1S/C11H15F6N3O/c1-3-4-20-8(6(21-2)5-19-20)7(18)9(10(12,13)14)11(15,16)17/h5,7,9H,3-4,18H2,1-2H3. The molecule has 0 aromatic carbocycles. The Morgan fingerprint density at radius 2 is 1.76 bits per heavy atom. The Morgan fingerprint density at radius 1 is 1.24 bits per heavy atom. The van der Waals surface area contributed by atoms with Gasteiger partial charge in [-0.15, -0.1) is 0 Å². The first-order valence-corrected chi connectivity index (χ1v) is 6.02. The Kier molecular flexibility index (Phi) is 5.13. The molecule has 0 aliphatic carbocycles. The molecule has 10 heteroatoms. The van der Waals surface area contributed by atoms with Crippen molar-refractivity contribution >= 4 is 0 Å². The van der Waals surface area contributed by atoms with Crippen molar-refractivity contribution in [3.05, 3.63) is 11.9 Å². The molecule has 1 atom stereocenters. The van der Waals surface area contributed by atoms with Gasteiger partial charge in [0.25, 0.3) is 0 Å². The van der Waals surface area contributed by atoms with E-state index in [1.54, 1.807) is 6.92 Å². The van der Waals surface area contributed by atoms with Crippen LogP contribution in [0.15, 0.2) is 6.20 Å². The summed E-state index contributed by atoms with van der Waals surface area (Å²) in [5.41, 5.74) is 4.87. The molecule has 1 rings (SSSR count). The van der Waals surface area contributed by atoms with Crippen LogP contribution in [0.5, 0.6) is 5.75 Å². The molecule has 1 unspecified atom stereocenters. The van der Waals surface area contributed by atoms with Crippen LogP contribution in [0.2, 0.25) is 0 Å². The first-order chi connectivity index (χ1) is 9.54. The van der Waals surface area contributed by atoms with Crippen LogP contribution in [-0.4, -0.2) is 29.2 Å². The fraction of sp³-hybridized carbons (Fsp3) is 0.727. The lowest BCUT2D eigenvalue weighted by Crippen LogP contribution is -2.44. The molecular weight excluding hydrogens is 304 g/mol. The van der Waals surface area contributed by atoms with Gasteiger partial charge in [-0.1, -0.05) is 6.92 Å². The van der Waals surface area contributed by atoms with E-state index in [2.05, 4.69) is 5.10 Å². The van der Waals surface area contributed by atoms with Gasteiger partial charge in [0.15, 0.2) is 11.7 Å². The molecule has 21 heavy (non-hydrogen) atoms. The van der Waals surface area contributed by atoms with Gasteiger partial charge in [-0.25, -0.2) is 0 Å². The van der Waals surface area contributed by atoms with Crippen LogP contribution >= 0.6 is 0 Å². The number of alkyl halides is 6. The van der Waals surface area contributed by atoms with E-state index in [0.717, 1.165) is 18.0 Å². The van der Waals surface area contributed by atoms with Crippen LogP contribution in [0, 0.1) is 5.92 Å². The van der Waals surface area contributed by atoms with Crippen LogP contribution in [0.1, 0.15) is 25.1 Å². The van der Waals surface area contributed by atoms with Gasteiger partial charge < -0.3 is 10.5 Å². The van der Waals surface area contributed by atoms with Crippen LogP contribution in [0.3, 0.4) is 0 Å². The van der Waals surface area contributed by atoms with Crippen molar-refractivity contribution in [3.63, 3.8) is 0 Å². The number of nitrogens with two attached hydrogens (primary N) is 1. The van der Waals surface area contributed by atoms with Crippen molar-refractivity contribution in [3.8, 4) is 5.75 Å². The summed E-state index contributed by atoms with van der Waals surface area (Å²) in [5, 5.41) is 3.72. The second-order valence-electron chi connectivity index (χ2n) is 4.41. The predicted octanol–water partition coefficient (Wildman–Crippen LogP) is 3.04. The van der Waals surface area contributed by atoms with Crippen molar-refractivity contribution < 1.29 is 31.1 Å². The van der Waals surface area contributed by atoms with E-state index in [9.17, 15) is 26.3 Å². The summed E-state index contributed by atoms with van der Waals surface area (Å²) in [6, 6.07) is -2.35. The van der Waals surface area contributed by atoms with Gasteiger partial charge in [-0.3, -0.25) is 4.68 Å². The first kappa shape index (κ1) is 17.6. The molecule has 122 valence electrons. The van der Waals surface area contributed by atoms with Gasteiger partial charge in [0.2, 0.25) is 0 Å². The van der Waals surface area contributed by atoms with Gasteiger partial charge in [0.05, 0.1) is 25.0 Å². The molecule has 0 radical (unpaired) electrons. The number of hydrogen-bond donors (Lipinski definition) is 1. The van der Waals surface area contributed by atoms with Gasteiger partial charge in [0.1, 0.15) is 0 Å². The minimum absolute atomic E-state index is 0.134. The molecule has 0 fully saturated rings. The summed E-state index contributed by atoms with van der Waals surface area (Å²) in [5.74, 6) is -3.89. The summed E-state index contributed by atoms with van der Waals surface area (Å²) in [6.45, 7) is 1.84. The number of rotatable bonds is 5. The van der Waals surface area contributed by atoms with E-state index >= 15 is 0 Å². The highest BCUT2D eigenvalue weighted by atomic mass is 19.4. The number of aromatic nitrogens is 2. The number of aryl methyl sites for hydroxylation is 1. The Labute approximate surface area is 116 Å². The Morgan fingerprint density at radius 3 is 2.14 bits per heavy atom. The van der Waals surface area contributed by atoms with Crippen molar-refractivity contribution in [2.24, 2.45) is 11.7 Å². The quantitative estimate of drug-likeness (QED) is 0.849. The summed E-state index contributed by atoms with van der Waals surface area (Å²) in [4.78, 5) is 0. The van der Waals surface area contributed by atoms with Gasteiger partial charge in [0, 0.05) is 6.54 Å². The maximum Gasteiger partial charge on any atom is 0.402 e. The first-order valence-electron chi connectivity index (χ1n) is 6.02. The average molecular weight is 319 g/mol. The van der Waals surface area contributed by atoms with Gasteiger partial charge in [-0.05, 0) is 6.42 Å². The summed E-state index contributed by atoms with van der Waals surface area (Å²) < 4.78 is 82.2. The molecule has 4 nitrogen and oxygen atoms in total. The normalized spacial score (nSPS) is 14.6. The second-order valence-corrected chi connectivity index (χ2v) is 4.41. The van der Waals surface area contributed by atoms with E-state index in [-0.39, 0.29) is 12.3 Å². The largest absolute Gasteiger partial charge is 0.493 e. The fourth-order valence-electron chi connectivity index (χ4n) is 2.01. The molecule has 0 amide bonds. The fourth-order valence-corrected chi connectivity index (χ4v) is 2.01. The zero-order valence-corrected chi connectivity index (χ0v) is 11.3. The third-order valence-electron chi connectivity index (χ3n) is 2.88. The molecule has 0 saturated heterocycles. The van der Waals surface area contributed by atoms with Crippen molar-refractivity contribution in [2.75, 3.05) is 7.11 Å². The molecule has 0 bridgehead atoms. The van der Waals surface area contributed by atoms with Gasteiger partial charge >= 0.3 is 12.4 Å². The zero-order valence-electron chi connectivity index (χ0n) is 11.3. The maximum absolute atomic E-state index is 12.7. The molecular formula is C11H15F6N3O.